The van der Waals surface area contributed by atoms with Crippen molar-refractivity contribution >= 4 is 17.2 Å². The van der Waals surface area contributed by atoms with Crippen LogP contribution in [0.4, 0.5) is 10.1 Å². The minimum Gasteiger partial charge on any atom is -0.510 e. The van der Waals surface area contributed by atoms with Crippen molar-refractivity contribution in [2.24, 2.45) is 17.6 Å². The summed E-state index contributed by atoms with van der Waals surface area (Å²) in [7, 11) is 3.37. The molecule has 0 spiro atoms. The Morgan fingerprint density at radius 3 is 2.53 bits per heavy atom. The molecule has 38 heavy (non-hydrogen) atoms. The van der Waals surface area contributed by atoms with Crippen LogP contribution in [0.15, 0.2) is 59.1 Å². The lowest BCUT2D eigenvalue weighted by Crippen LogP contribution is -2.63. The number of anilines is 1. The van der Waals surface area contributed by atoms with E-state index in [0.717, 1.165) is 5.69 Å². The summed E-state index contributed by atoms with van der Waals surface area (Å²) in [4.78, 5) is 15.3. The van der Waals surface area contributed by atoms with Gasteiger partial charge in [0.2, 0.25) is 0 Å². The van der Waals surface area contributed by atoms with E-state index in [0.29, 0.717) is 0 Å². The van der Waals surface area contributed by atoms with E-state index < -0.39 is 52.3 Å². The molecule has 10 heteroatoms. The van der Waals surface area contributed by atoms with Gasteiger partial charge in [-0.05, 0) is 51.1 Å². The number of ketones is 1. The number of nitrogens with one attached hydrogen (secondary N) is 2. The second-order valence-corrected chi connectivity index (χ2v) is 10.4. The number of benzene rings is 2. The minimum absolute atomic E-state index is 0.00663. The Bertz CT molecular complexity index is 1400. The van der Waals surface area contributed by atoms with Gasteiger partial charge in [0.25, 0.3) is 0 Å². The zero-order valence-electron chi connectivity index (χ0n) is 21.1. The molecule has 9 nitrogen and oxygen atoms in total. The maximum atomic E-state index is 15.8. The summed E-state index contributed by atoms with van der Waals surface area (Å²) in [5.41, 5.74) is 3.60. The monoisotopic (exact) mass is 522 g/mol. The van der Waals surface area contributed by atoms with E-state index >= 15 is 4.39 Å². The first kappa shape index (κ1) is 25.9. The maximum Gasteiger partial charge on any atom is 0.196 e. The van der Waals surface area contributed by atoms with Gasteiger partial charge in [0.1, 0.15) is 23.1 Å². The van der Waals surface area contributed by atoms with Crippen molar-refractivity contribution in [3.05, 3.63) is 81.6 Å². The molecular formula is C28H31FN4O5. The number of carbonyl (C=O) groups excluding carboxylic acids is 1. The van der Waals surface area contributed by atoms with Crippen molar-refractivity contribution in [2.75, 3.05) is 26.0 Å². The number of hydrogen-bond acceptors (Lipinski definition) is 9. The highest BCUT2D eigenvalue weighted by Crippen LogP contribution is 2.52. The zero-order chi connectivity index (χ0) is 27.5. The molecule has 0 unspecified atom stereocenters. The van der Waals surface area contributed by atoms with Crippen LogP contribution in [0, 0.1) is 23.1 Å². The Morgan fingerprint density at radius 1 is 1.21 bits per heavy atom. The van der Waals surface area contributed by atoms with E-state index in [-0.39, 0.29) is 59.5 Å². The van der Waals surface area contributed by atoms with E-state index in [9.17, 15) is 25.2 Å². The Kier molecular flexibility index (Phi) is 6.29. The lowest BCUT2D eigenvalue weighted by Gasteiger charge is -2.51. The van der Waals surface area contributed by atoms with Crippen LogP contribution in [0.2, 0.25) is 0 Å². The number of rotatable bonds is 5. The topological polar surface area (TPSA) is 163 Å². The third-order valence-electron chi connectivity index (χ3n) is 8.11. The van der Waals surface area contributed by atoms with Gasteiger partial charge < -0.3 is 36.9 Å². The molecule has 2 aromatic rings. The number of phenolic OH excluding ortho intramolecular Hbond substituents is 1. The number of aliphatic hydroxyl groups excluding tert-OH is 2. The molecule has 0 aliphatic heterocycles. The average Bonchev–Trinajstić information content (AvgIpc) is 2.88. The number of carbonyl (C=O) groups is 1. The number of likely N-dealkylation sites (N-methyl/N-ethyl adjacent to an activating group) is 1. The van der Waals surface area contributed by atoms with E-state index in [4.69, 9.17) is 11.1 Å². The number of Topliss-reactive ketones (excluding diaryl/α,β-unsaturated/α-hetero) is 1. The molecule has 0 amide bonds. The fourth-order valence-electron chi connectivity index (χ4n) is 6.31. The standard InChI is InChI=1S/C28H31FN4O5/c1-33(2)23-18-9-13-8-16-21(19(34)10-14(22(16)29)12-32-15-6-4-3-5-7-15)25(36)20(13)27(37)28(18,38)26(31)17(11-30)24(23)35/h3-7,10,13,18,23,31-32,34-35,37-38H,8-9,11-12,30H2,1-2H3/t13-,18-,23-,28+/m0/s1. The molecular weight excluding hydrogens is 491 g/mol. The molecule has 5 rings (SSSR count). The highest BCUT2D eigenvalue weighted by atomic mass is 19.1. The largest absolute Gasteiger partial charge is 0.510 e. The third kappa shape index (κ3) is 3.63. The second-order valence-electron chi connectivity index (χ2n) is 10.4. The van der Waals surface area contributed by atoms with Crippen LogP contribution in [-0.2, 0) is 13.0 Å². The number of nitrogens with zero attached hydrogens (tertiary/aromatic N) is 1. The van der Waals surface area contributed by atoms with Crippen molar-refractivity contribution in [1.29, 1.82) is 5.41 Å². The first-order valence-electron chi connectivity index (χ1n) is 12.4. The quantitative estimate of drug-likeness (QED) is 0.315. The molecule has 2 aromatic carbocycles. The van der Waals surface area contributed by atoms with Crippen LogP contribution in [-0.4, -0.2) is 69.1 Å². The van der Waals surface area contributed by atoms with Crippen LogP contribution in [0.25, 0.3) is 0 Å². The first-order valence-corrected chi connectivity index (χ1v) is 12.4. The molecule has 0 aromatic heterocycles. The van der Waals surface area contributed by atoms with Crippen molar-refractivity contribution in [3.8, 4) is 5.75 Å². The molecule has 3 aliphatic carbocycles. The molecule has 0 radical (unpaired) electrons. The summed E-state index contributed by atoms with van der Waals surface area (Å²) < 4.78 is 15.8. The Hall–Kier alpha value is -3.73. The van der Waals surface area contributed by atoms with Crippen LogP contribution >= 0.6 is 0 Å². The Morgan fingerprint density at radius 2 is 1.89 bits per heavy atom. The van der Waals surface area contributed by atoms with Crippen molar-refractivity contribution in [1.82, 2.24) is 4.90 Å². The van der Waals surface area contributed by atoms with E-state index in [1.165, 1.54) is 6.07 Å². The number of allylic oxidation sites excluding steroid dienone is 1. The van der Waals surface area contributed by atoms with Gasteiger partial charge >= 0.3 is 0 Å². The molecule has 3 aliphatic rings. The van der Waals surface area contributed by atoms with Crippen LogP contribution in [0.3, 0.4) is 0 Å². The van der Waals surface area contributed by atoms with Crippen LogP contribution in [0.1, 0.15) is 27.9 Å². The first-order chi connectivity index (χ1) is 18.0. The normalized spacial score (nSPS) is 26.8. The van der Waals surface area contributed by atoms with Gasteiger partial charge in [-0.25, -0.2) is 4.39 Å². The molecule has 0 saturated carbocycles. The summed E-state index contributed by atoms with van der Waals surface area (Å²) >= 11 is 0. The van der Waals surface area contributed by atoms with Gasteiger partial charge in [-0.2, -0.15) is 0 Å². The number of aliphatic hydroxyl groups is 3. The second kappa shape index (κ2) is 9.23. The lowest BCUT2D eigenvalue weighted by molar-refractivity contribution is -0.0244. The molecule has 4 atom stereocenters. The van der Waals surface area contributed by atoms with Crippen molar-refractivity contribution < 1.29 is 29.6 Å². The van der Waals surface area contributed by atoms with Gasteiger partial charge in [-0.3, -0.25) is 9.69 Å². The summed E-state index contributed by atoms with van der Waals surface area (Å²) in [5.74, 6) is -4.32. The zero-order valence-corrected chi connectivity index (χ0v) is 21.1. The molecule has 0 bridgehead atoms. The summed E-state index contributed by atoms with van der Waals surface area (Å²) in [5, 5.41) is 56.6. The molecule has 8 N–H and O–H groups in total. The fourth-order valence-corrected chi connectivity index (χ4v) is 6.31. The molecule has 200 valence electrons. The average molecular weight is 523 g/mol. The molecule has 0 heterocycles. The Labute approximate surface area is 219 Å². The van der Waals surface area contributed by atoms with Crippen LogP contribution in [0.5, 0.6) is 5.75 Å². The maximum absolute atomic E-state index is 15.8. The van der Waals surface area contributed by atoms with E-state index in [2.05, 4.69) is 5.32 Å². The van der Waals surface area contributed by atoms with E-state index in [1.807, 2.05) is 30.3 Å². The summed E-state index contributed by atoms with van der Waals surface area (Å²) in [6.45, 7) is -0.176. The minimum atomic E-state index is -2.28. The highest BCUT2D eigenvalue weighted by molar-refractivity contribution is 6.16. The van der Waals surface area contributed by atoms with Crippen molar-refractivity contribution in [2.45, 2.75) is 31.0 Å². The smallest absolute Gasteiger partial charge is 0.196 e. The predicted octanol–water partition coefficient (Wildman–Crippen LogP) is 2.80. The summed E-state index contributed by atoms with van der Waals surface area (Å²) in [6.07, 6.45) is 0.0776. The van der Waals surface area contributed by atoms with E-state index in [1.54, 1.807) is 19.0 Å². The van der Waals surface area contributed by atoms with Gasteiger partial charge in [-0.1, -0.05) is 18.2 Å². The van der Waals surface area contributed by atoms with Crippen molar-refractivity contribution in [3.63, 3.8) is 0 Å². The highest BCUT2D eigenvalue weighted by Gasteiger charge is 2.60. The number of halogens is 1. The number of para-hydroxylation sites is 1. The molecule has 0 fully saturated rings. The number of phenols is 1. The number of aromatic hydroxyl groups is 1. The molecule has 0 saturated heterocycles. The van der Waals surface area contributed by atoms with Gasteiger partial charge in [0.15, 0.2) is 11.4 Å². The lowest BCUT2D eigenvalue weighted by atomic mass is 9.58. The van der Waals surface area contributed by atoms with Gasteiger partial charge in [0, 0.05) is 47.0 Å². The van der Waals surface area contributed by atoms with Gasteiger partial charge in [-0.15, -0.1) is 0 Å². The summed E-state index contributed by atoms with van der Waals surface area (Å²) in [6, 6.07) is 9.57. The number of hydrogen-bond donors (Lipinski definition) is 7. The van der Waals surface area contributed by atoms with Gasteiger partial charge in [0.05, 0.1) is 17.3 Å². The van der Waals surface area contributed by atoms with Crippen LogP contribution < -0.4 is 11.1 Å². The Balaban J connectivity index is 1.59. The third-order valence-corrected chi connectivity index (χ3v) is 8.11. The number of fused-ring (bicyclic) bond motifs is 3. The SMILES string of the molecule is CN(C)[C@@H]1C(O)=C(CN)C(=N)[C@@]2(O)C(O)=C3C(=O)c4c(O)cc(CNc5ccccc5)c(F)c4C[C@H]3C[C@@H]12. The fraction of sp³-hybridized carbons (Fsp3) is 0.357. The number of nitrogens with two attached hydrogens (primary N) is 1. The predicted molar refractivity (Wildman–Crippen MR) is 140 cm³/mol.